The number of alkyl halides is 3. The van der Waals surface area contributed by atoms with Crippen LogP contribution in [0.25, 0.3) is 0 Å². The Balaban J connectivity index is 1.22. The zero-order valence-corrected chi connectivity index (χ0v) is 25.4. The quantitative estimate of drug-likeness (QED) is 0.389. The number of carbonyl (C=O) groups is 1. The highest BCUT2D eigenvalue weighted by atomic mass is 32.2. The summed E-state index contributed by atoms with van der Waals surface area (Å²) in [5.41, 5.74) is 0.600. The van der Waals surface area contributed by atoms with Crippen LogP contribution in [0.5, 0.6) is 0 Å². The molecule has 1 spiro atoms. The topological polar surface area (TPSA) is 60.9 Å². The molecule has 3 aliphatic rings. The van der Waals surface area contributed by atoms with Crippen LogP contribution in [0.4, 0.5) is 13.2 Å². The highest BCUT2D eigenvalue weighted by Crippen LogP contribution is 2.52. The minimum Gasteiger partial charge on any atom is -0.343 e. The van der Waals surface area contributed by atoms with E-state index in [4.69, 9.17) is 0 Å². The molecule has 2 aliphatic heterocycles. The van der Waals surface area contributed by atoms with Gasteiger partial charge in [0.15, 0.2) is 0 Å². The van der Waals surface area contributed by atoms with Gasteiger partial charge in [0, 0.05) is 37.6 Å². The molecule has 2 aromatic carbocycles. The summed E-state index contributed by atoms with van der Waals surface area (Å²) in [5, 5.41) is 0. The molecule has 2 aromatic rings. The smallest absolute Gasteiger partial charge is 0.343 e. The van der Waals surface area contributed by atoms with Gasteiger partial charge < -0.3 is 4.90 Å². The Morgan fingerprint density at radius 3 is 2.19 bits per heavy atom. The van der Waals surface area contributed by atoms with Gasteiger partial charge >= 0.3 is 6.18 Å². The fraction of sp³-hybridized carbons (Fsp3) is 0.594. The van der Waals surface area contributed by atoms with Crippen molar-refractivity contribution in [3.63, 3.8) is 0 Å². The van der Waals surface area contributed by atoms with Crippen LogP contribution in [0.15, 0.2) is 59.5 Å². The average molecular weight is 606 g/mol. The van der Waals surface area contributed by atoms with Crippen molar-refractivity contribution in [2.45, 2.75) is 86.9 Å². The maximum atomic E-state index is 13.5. The van der Waals surface area contributed by atoms with Crippen molar-refractivity contribution >= 4 is 15.9 Å². The van der Waals surface area contributed by atoms with Crippen molar-refractivity contribution in [3.05, 3.63) is 65.7 Å². The summed E-state index contributed by atoms with van der Waals surface area (Å²) in [5.74, 6) is -0.0660. The molecule has 0 aromatic heterocycles. The van der Waals surface area contributed by atoms with Crippen LogP contribution < -0.4 is 0 Å². The summed E-state index contributed by atoms with van der Waals surface area (Å²) in [4.78, 5) is 17.3. The van der Waals surface area contributed by atoms with Gasteiger partial charge in [-0.15, -0.1) is 0 Å². The molecule has 1 unspecified atom stereocenters. The third-order valence-corrected chi connectivity index (χ3v) is 12.2. The molecule has 2 heterocycles. The molecular weight excluding hydrogens is 563 g/mol. The average Bonchev–Trinajstić information content (AvgIpc) is 2.98. The lowest BCUT2D eigenvalue weighted by Gasteiger charge is -2.52. The second-order valence-electron chi connectivity index (χ2n) is 12.7. The van der Waals surface area contributed by atoms with Crippen LogP contribution in [-0.4, -0.2) is 68.2 Å². The van der Waals surface area contributed by atoms with E-state index >= 15 is 0 Å². The second-order valence-corrected chi connectivity index (χ2v) is 14.6. The van der Waals surface area contributed by atoms with E-state index in [1.54, 1.807) is 0 Å². The molecule has 1 atom stereocenters. The monoisotopic (exact) mass is 605 g/mol. The van der Waals surface area contributed by atoms with E-state index in [1.165, 1.54) is 15.9 Å². The van der Waals surface area contributed by atoms with Crippen LogP contribution in [0, 0.1) is 5.41 Å². The first kappa shape index (κ1) is 31.0. The Morgan fingerprint density at radius 2 is 1.57 bits per heavy atom. The van der Waals surface area contributed by atoms with Crippen molar-refractivity contribution in [3.8, 4) is 0 Å². The molecule has 1 saturated carbocycles. The summed E-state index contributed by atoms with van der Waals surface area (Å²) in [6.07, 6.45) is 3.57. The highest BCUT2D eigenvalue weighted by molar-refractivity contribution is 7.89. The molecule has 0 N–H and O–H groups in total. The number of benzene rings is 2. The summed E-state index contributed by atoms with van der Waals surface area (Å²) in [6, 6.07) is 14.0. The summed E-state index contributed by atoms with van der Waals surface area (Å²) in [7, 11) is 0.146. The highest BCUT2D eigenvalue weighted by Gasteiger charge is 2.46. The summed E-state index contributed by atoms with van der Waals surface area (Å²) < 4.78 is 68.0. The summed E-state index contributed by atoms with van der Waals surface area (Å²) in [6.45, 7) is 1.52. The lowest BCUT2D eigenvalue weighted by Crippen LogP contribution is -2.51. The number of carbonyl (C=O) groups excluding carboxylic acids is 1. The minimum absolute atomic E-state index is 0.0228. The Labute approximate surface area is 247 Å². The largest absolute Gasteiger partial charge is 0.416 e. The zero-order valence-electron chi connectivity index (χ0n) is 24.6. The van der Waals surface area contributed by atoms with Crippen molar-refractivity contribution < 1.29 is 26.4 Å². The lowest BCUT2D eigenvalue weighted by molar-refractivity contribution is -0.138. The maximum absolute atomic E-state index is 13.5. The zero-order chi connectivity index (χ0) is 30.2. The fourth-order valence-electron chi connectivity index (χ4n) is 7.46. The van der Waals surface area contributed by atoms with E-state index in [0.717, 1.165) is 57.1 Å². The molecule has 5 rings (SSSR count). The summed E-state index contributed by atoms with van der Waals surface area (Å²) >= 11 is 0. The molecule has 230 valence electrons. The van der Waals surface area contributed by atoms with E-state index in [2.05, 4.69) is 49.3 Å². The van der Waals surface area contributed by atoms with E-state index in [1.807, 2.05) is 4.90 Å². The Kier molecular flexibility index (Phi) is 8.80. The van der Waals surface area contributed by atoms with Gasteiger partial charge in [-0.3, -0.25) is 9.69 Å². The Bertz CT molecular complexity index is 1350. The number of hydrogen-bond donors (Lipinski definition) is 0. The lowest BCUT2D eigenvalue weighted by atomic mass is 9.61. The molecule has 42 heavy (non-hydrogen) atoms. The molecule has 10 heteroatoms. The van der Waals surface area contributed by atoms with E-state index in [0.29, 0.717) is 32.0 Å². The third kappa shape index (κ3) is 6.13. The van der Waals surface area contributed by atoms with Gasteiger partial charge in [0.25, 0.3) is 0 Å². The van der Waals surface area contributed by atoms with Crippen molar-refractivity contribution in [1.82, 2.24) is 14.1 Å². The third-order valence-electron chi connectivity index (χ3n) is 10.2. The number of hydrogen-bond acceptors (Lipinski definition) is 4. The Morgan fingerprint density at radius 1 is 0.905 bits per heavy atom. The van der Waals surface area contributed by atoms with Crippen LogP contribution in [-0.2, 0) is 26.5 Å². The van der Waals surface area contributed by atoms with Crippen LogP contribution in [0.3, 0.4) is 0 Å². The van der Waals surface area contributed by atoms with Crippen LogP contribution in [0.1, 0.15) is 75.3 Å². The number of halogens is 3. The predicted octanol–water partition coefficient (Wildman–Crippen LogP) is 6.28. The number of sulfonamides is 1. The van der Waals surface area contributed by atoms with E-state index in [-0.39, 0.29) is 34.7 Å². The minimum atomic E-state index is -4.64. The number of rotatable bonds is 6. The number of amides is 1. The van der Waals surface area contributed by atoms with Crippen LogP contribution in [0.2, 0.25) is 0 Å². The van der Waals surface area contributed by atoms with Gasteiger partial charge in [0.2, 0.25) is 15.9 Å². The molecule has 0 bridgehead atoms. The van der Waals surface area contributed by atoms with Gasteiger partial charge in [-0.25, -0.2) is 8.42 Å². The Hall–Kier alpha value is -2.43. The van der Waals surface area contributed by atoms with Gasteiger partial charge in [-0.2, -0.15) is 17.5 Å². The SMILES string of the molecule is CN(C)C1(c2ccccc2)CCC2(CCN(C(=O)CC3CCCCN3S(=O)(=O)c3cccc(C(F)(F)F)c3)CC2)CC1. The van der Waals surface area contributed by atoms with E-state index in [9.17, 15) is 26.4 Å². The first-order valence-electron chi connectivity index (χ1n) is 15.1. The molecule has 1 amide bonds. The first-order valence-corrected chi connectivity index (χ1v) is 16.5. The predicted molar refractivity (Wildman–Crippen MR) is 156 cm³/mol. The first-order chi connectivity index (χ1) is 19.9. The van der Waals surface area contributed by atoms with Crippen molar-refractivity contribution in [2.75, 3.05) is 33.7 Å². The number of nitrogens with zero attached hydrogens (tertiary/aromatic N) is 3. The second kappa shape index (κ2) is 11.9. The molecule has 1 aliphatic carbocycles. The standard InChI is InChI=1S/C32H42F3N3O3S/c1-36(2)31(25-9-4-3-5-10-25)16-14-30(15-17-31)18-21-37(22-19-30)29(39)24-27-12-6-7-20-38(27)42(40,41)28-13-8-11-26(23-28)32(33,34)35/h3-5,8-11,13,23,27H,6-7,12,14-22,24H2,1-2H3. The molecule has 3 fully saturated rings. The van der Waals surface area contributed by atoms with E-state index < -0.39 is 27.8 Å². The molecule has 2 saturated heterocycles. The molecule has 6 nitrogen and oxygen atoms in total. The fourth-order valence-corrected chi connectivity index (χ4v) is 9.20. The molecular formula is C32H42F3N3O3S. The van der Waals surface area contributed by atoms with Crippen molar-refractivity contribution in [2.24, 2.45) is 5.41 Å². The van der Waals surface area contributed by atoms with Crippen molar-refractivity contribution in [1.29, 1.82) is 0 Å². The molecule has 0 radical (unpaired) electrons. The number of piperidine rings is 2. The normalized spacial score (nSPS) is 23.3. The van der Waals surface area contributed by atoms with Crippen LogP contribution >= 0.6 is 0 Å². The van der Waals surface area contributed by atoms with Gasteiger partial charge in [-0.1, -0.05) is 42.8 Å². The number of likely N-dealkylation sites (tertiary alicyclic amines) is 1. The maximum Gasteiger partial charge on any atom is 0.416 e. The van der Waals surface area contributed by atoms with Gasteiger partial charge in [-0.05, 0) is 94.6 Å². The van der Waals surface area contributed by atoms with Gasteiger partial charge in [0.05, 0.1) is 10.5 Å². The van der Waals surface area contributed by atoms with Gasteiger partial charge in [0.1, 0.15) is 0 Å².